The molecule has 40 heavy (non-hydrogen) atoms. The van der Waals surface area contributed by atoms with Gasteiger partial charge in [-0.3, -0.25) is 14.7 Å². The van der Waals surface area contributed by atoms with Crippen molar-refractivity contribution in [1.82, 2.24) is 15.2 Å². The molecule has 6 atom stereocenters. The number of carbonyl (C=O) groups excluding carboxylic acids is 1. The summed E-state index contributed by atoms with van der Waals surface area (Å²) in [5.41, 5.74) is -3.59. The number of aromatic nitrogens is 1. The summed E-state index contributed by atoms with van der Waals surface area (Å²) in [5.74, 6) is -2.48. The van der Waals surface area contributed by atoms with Crippen molar-refractivity contribution < 1.29 is 32.6 Å². The summed E-state index contributed by atoms with van der Waals surface area (Å²) >= 11 is 7.64. The molecule has 0 amide bonds. The molecule has 0 spiro atoms. The largest absolute Gasteiger partial charge is 0.481 e. The van der Waals surface area contributed by atoms with Gasteiger partial charge in [0.25, 0.3) is 0 Å². The molecule has 3 fully saturated rings. The topological polar surface area (TPSA) is 104 Å². The van der Waals surface area contributed by atoms with Gasteiger partial charge in [-0.25, -0.2) is 22.9 Å². The Kier molecular flexibility index (Phi) is 6.70. The van der Waals surface area contributed by atoms with Crippen LogP contribution in [0.4, 0.5) is 13.2 Å². The number of rotatable bonds is 8. The maximum Gasteiger partial charge on any atom is 0.338 e. The first-order valence-electron chi connectivity index (χ1n) is 13.0. The lowest BCUT2D eigenvalue weighted by Gasteiger charge is -2.42. The molecule has 2 aromatic rings. The monoisotopic (exact) mass is 594 g/mol. The van der Waals surface area contributed by atoms with Gasteiger partial charge in [0.1, 0.15) is 11.9 Å². The molecule has 13 heteroatoms. The molecule has 1 aliphatic carbocycles. The smallest absolute Gasteiger partial charge is 0.338 e. The van der Waals surface area contributed by atoms with E-state index in [0.29, 0.717) is 16.5 Å². The second-order valence-corrected chi connectivity index (χ2v) is 11.9. The number of piperidine rings is 2. The third-order valence-electron chi connectivity index (χ3n) is 8.39. The highest BCUT2D eigenvalue weighted by molar-refractivity contribution is 7.11. The first kappa shape index (κ1) is 27.2. The van der Waals surface area contributed by atoms with Crippen LogP contribution >= 0.6 is 22.9 Å². The number of halogens is 4. The number of nitrogens with one attached hydrogen (secondary N) is 1. The number of aliphatic imine (C=N–C) groups is 1. The molecule has 1 aromatic carbocycles. The molecule has 1 saturated carbocycles. The second-order valence-electron chi connectivity index (χ2n) is 10.6. The lowest BCUT2D eigenvalue weighted by atomic mass is 9.84. The minimum atomic E-state index is -2.08. The van der Waals surface area contributed by atoms with Gasteiger partial charge in [-0.05, 0) is 31.7 Å². The number of alkyl halides is 2. The van der Waals surface area contributed by atoms with Gasteiger partial charge >= 0.3 is 11.9 Å². The number of ether oxygens (including phenoxy) is 1. The van der Waals surface area contributed by atoms with Gasteiger partial charge in [0.2, 0.25) is 0 Å². The number of amidine groups is 1. The third-order valence-corrected chi connectivity index (χ3v) is 9.57. The Morgan fingerprint density at radius 1 is 1.27 bits per heavy atom. The fraction of sp³-hybridized carbons (Fsp3) is 0.481. The molecule has 212 valence electrons. The highest BCUT2D eigenvalue weighted by Gasteiger charge is 2.85. The quantitative estimate of drug-likeness (QED) is 0.431. The second kappa shape index (κ2) is 9.85. The van der Waals surface area contributed by atoms with Gasteiger partial charge in [0.05, 0.1) is 17.2 Å². The van der Waals surface area contributed by atoms with Crippen LogP contribution in [0, 0.1) is 11.7 Å². The van der Waals surface area contributed by atoms with Crippen molar-refractivity contribution in [3.05, 3.63) is 62.5 Å². The van der Waals surface area contributed by atoms with Crippen LogP contribution in [0.5, 0.6) is 0 Å². The van der Waals surface area contributed by atoms with Crippen molar-refractivity contribution in [3.63, 3.8) is 0 Å². The zero-order chi connectivity index (χ0) is 28.4. The number of carboxylic acid groups (broad SMARTS) is 1. The number of esters is 1. The predicted octanol–water partition coefficient (Wildman–Crippen LogP) is 4.60. The van der Waals surface area contributed by atoms with Gasteiger partial charge in [-0.1, -0.05) is 23.7 Å². The van der Waals surface area contributed by atoms with Gasteiger partial charge in [0, 0.05) is 54.3 Å². The molecule has 1 aromatic heterocycles. The van der Waals surface area contributed by atoms with E-state index in [-0.39, 0.29) is 60.9 Å². The number of nitrogens with zero attached hydrogens (tertiary/aromatic N) is 3. The van der Waals surface area contributed by atoms with Crippen molar-refractivity contribution in [2.24, 2.45) is 10.9 Å². The Morgan fingerprint density at radius 2 is 2.00 bits per heavy atom. The van der Waals surface area contributed by atoms with Crippen LogP contribution in [-0.4, -0.2) is 69.3 Å². The van der Waals surface area contributed by atoms with Crippen molar-refractivity contribution in [2.75, 3.05) is 13.2 Å². The van der Waals surface area contributed by atoms with Crippen LogP contribution in [-0.2, 0) is 14.3 Å². The zero-order valence-corrected chi connectivity index (χ0v) is 22.9. The Hall–Kier alpha value is -2.96. The average Bonchev–Trinajstić information content (AvgIpc) is 3.19. The minimum Gasteiger partial charge on any atom is -0.481 e. The van der Waals surface area contributed by atoms with Crippen LogP contribution in [0.25, 0.3) is 0 Å². The third kappa shape index (κ3) is 4.22. The van der Waals surface area contributed by atoms with Gasteiger partial charge < -0.3 is 15.2 Å². The van der Waals surface area contributed by atoms with Crippen LogP contribution in [0.15, 0.2) is 46.0 Å². The summed E-state index contributed by atoms with van der Waals surface area (Å²) in [6, 6.07) is 1.41. The van der Waals surface area contributed by atoms with Crippen molar-refractivity contribution in [2.45, 2.75) is 62.1 Å². The Morgan fingerprint density at radius 3 is 2.62 bits per heavy atom. The summed E-state index contributed by atoms with van der Waals surface area (Å²) in [7, 11) is 0. The molecule has 3 aliphatic heterocycles. The van der Waals surface area contributed by atoms with E-state index in [1.54, 1.807) is 29.5 Å². The van der Waals surface area contributed by atoms with E-state index < -0.39 is 47.2 Å². The lowest BCUT2D eigenvalue weighted by molar-refractivity contribution is -0.140. The van der Waals surface area contributed by atoms with Crippen LogP contribution in [0.3, 0.4) is 0 Å². The molecule has 2 bridgehead atoms. The molecule has 3 unspecified atom stereocenters. The van der Waals surface area contributed by atoms with Gasteiger partial charge in [-0.2, -0.15) is 0 Å². The van der Waals surface area contributed by atoms with E-state index in [2.05, 4.69) is 15.3 Å². The van der Waals surface area contributed by atoms with E-state index in [0.717, 1.165) is 0 Å². The number of fused-ring (bicyclic) bond motifs is 5. The molecular weight excluding hydrogens is 569 g/mol. The van der Waals surface area contributed by atoms with Crippen LogP contribution in [0.2, 0.25) is 5.02 Å². The molecule has 4 aliphatic rings. The van der Waals surface area contributed by atoms with E-state index in [4.69, 9.17) is 16.3 Å². The molecule has 8 nitrogen and oxygen atoms in total. The Labute approximate surface area is 236 Å². The Balaban J connectivity index is 1.44. The molecule has 2 saturated heterocycles. The lowest BCUT2D eigenvalue weighted by Crippen LogP contribution is -2.52. The standard InChI is InChI=1S/C27H26ClF3N4O4S/c1-2-39-25(38)20-16(11-35-17-8-13(10-19(36)37)9-18(35)27(31)12-26(17,27)30)33-23(24-32-6-7-40-24)34-22(20)14-4-3-5-15(29)21(14)28/h3-7,13,17-18,22H,2,8-12H2,1H3,(H,33,34)(H,36,37)/t13?,17-,18+,22-,26?,27?/m0/s1. The van der Waals surface area contributed by atoms with Crippen molar-refractivity contribution >= 4 is 40.7 Å². The highest BCUT2D eigenvalue weighted by atomic mass is 35.5. The summed E-state index contributed by atoms with van der Waals surface area (Å²) < 4.78 is 51.7. The summed E-state index contributed by atoms with van der Waals surface area (Å²) in [5, 5.41) is 14.5. The van der Waals surface area contributed by atoms with Crippen molar-refractivity contribution in [1.29, 1.82) is 0 Å². The number of hydrogen-bond donors (Lipinski definition) is 2. The summed E-state index contributed by atoms with van der Waals surface area (Å²) in [4.78, 5) is 35.5. The fourth-order valence-electron chi connectivity index (χ4n) is 6.63. The number of thiazole rings is 1. The average molecular weight is 595 g/mol. The summed E-state index contributed by atoms with van der Waals surface area (Å²) in [6.45, 7) is 1.63. The number of benzene rings is 1. The maximum absolute atomic E-state index is 15.9. The molecule has 2 N–H and O–H groups in total. The number of carboxylic acids is 1. The summed E-state index contributed by atoms with van der Waals surface area (Å²) in [6.07, 6.45) is 1.55. The minimum absolute atomic E-state index is 0.0509. The number of aliphatic carboxylic acids is 1. The molecule has 4 heterocycles. The van der Waals surface area contributed by atoms with Crippen LogP contribution < -0.4 is 5.32 Å². The van der Waals surface area contributed by atoms with E-state index >= 15 is 8.78 Å². The highest BCUT2D eigenvalue weighted by Crippen LogP contribution is 2.70. The maximum atomic E-state index is 15.9. The zero-order valence-electron chi connectivity index (χ0n) is 21.4. The Bertz CT molecular complexity index is 1410. The SMILES string of the molecule is CCOC(=O)C1=C(CN2[C@H]3CC(CC(=O)O)C[C@@H]2C2(F)CC32F)NC(c2nccs2)=N[C@H]1c1cccc(F)c1Cl. The first-order chi connectivity index (χ1) is 19.1. The van der Waals surface area contributed by atoms with Gasteiger partial charge in [-0.15, -0.1) is 11.3 Å². The molecule has 6 rings (SSSR count). The van der Waals surface area contributed by atoms with E-state index in [1.165, 1.54) is 23.5 Å². The van der Waals surface area contributed by atoms with E-state index in [9.17, 15) is 19.1 Å². The van der Waals surface area contributed by atoms with Gasteiger partial charge in [0.15, 0.2) is 22.2 Å². The number of carbonyl (C=O) groups is 2. The van der Waals surface area contributed by atoms with Crippen molar-refractivity contribution in [3.8, 4) is 0 Å². The first-order valence-corrected chi connectivity index (χ1v) is 14.3. The fourth-order valence-corrected chi connectivity index (χ4v) is 7.44. The number of hydrogen-bond acceptors (Lipinski definition) is 8. The van der Waals surface area contributed by atoms with E-state index in [1.807, 2.05) is 0 Å². The predicted molar refractivity (Wildman–Crippen MR) is 141 cm³/mol. The normalized spacial score (nSPS) is 32.8. The van der Waals surface area contributed by atoms with Crippen LogP contribution in [0.1, 0.15) is 49.2 Å². The molecule has 0 radical (unpaired) electrons. The molecular formula is C27H26ClF3N4O4S.